The summed E-state index contributed by atoms with van der Waals surface area (Å²) < 4.78 is 1.94. The van der Waals surface area contributed by atoms with Gasteiger partial charge in [-0.3, -0.25) is 9.58 Å². The summed E-state index contributed by atoms with van der Waals surface area (Å²) in [6.45, 7) is 5.94. The van der Waals surface area contributed by atoms with Crippen molar-refractivity contribution in [1.29, 1.82) is 0 Å². The van der Waals surface area contributed by atoms with Crippen LogP contribution in [0.1, 0.15) is 61.9 Å². The van der Waals surface area contributed by atoms with Crippen molar-refractivity contribution >= 4 is 0 Å². The Bertz CT molecular complexity index is 433. The predicted octanol–water partition coefficient (Wildman–Crippen LogP) is 3.04. The lowest BCUT2D eigenvalue weighted by atomic mass is 9.95. The number of hydrogen-bond acceptors (Lipinski definition) is 3. The lowest BCUT2D eigenvalue weighted by Crippen LogP contribution is -2.32. The fourth-order valence-corrected chi connectivity index (χ4v) is 3.53. The van der Waals surface area contributed by atoms with Gasteiger partial charge in [-0.25, -0.2) is 0 Å². The van der Waals surface area contributed by atoms with Crippen LogP contribution in [0.25, 0.3) is 0 Å². The van der Waals surface area contributed by atoms with Crippen LogP contribution in [0, 0.1) is 13.8 Å². The van der Waals surface area contributed by atoms with E-state index in [0.717, 1.165) is 12.2 Å². The molecule has 0 radical (unpaired) electrons. The first kappa shape index (κ1) is 16.5. The third-order valence-electron chi connectivity index (χ3n) is 4.95. The van der Waals surface area contributed by atoms with Gasteiger partial charge in [0.2, 0.25) is 0 Å². The Morgan fingerprint density at radius 2 is 1.76 bits per heavy atom. The molecule has 0 bridgehead atoms. The quantitative estimate of drug-likeness (QED) is 0.907. The van der Waals surface area contributed by atoms with Crippen molar-refractivity contribution in [2.75, 3.05) is 13.7 Å². The first-order valence-electron chi connectivity index (χ1n) is 8.47. The highest BCUT2D eigenvalue weighted by atomic mass is 16.3. The van der Waals surface area contributed by atoms with Crippen LogP contribution < -0.4 is 0 Å². The molecule has 120 valence electrons. The van der Waals surface area contributed by atoms with Gasteiger partial charge in [-0.2, -0.15) is 5.10 Å². The molecular formula is C17H31N3O. The SMILES string of the molecule is Cc1nn(CCO)c(C)c1CN(C)C1CCCCCCC1. The Hall–Kier alpha value is -0.870. The van der Waals surface area contributed by atoms with Crippen LogP contribution in [0.4, 0.5) is 0 Å². The van der Waals surface area contributed by atoms with E-state index in [0.29, 0.717) is 12.6 Å². The van der Waals surface area contributed by atoms with Crippen LogP contribution in [-0.4, -0.2) is 39.5 Å². The molecule has 0 unspecified atom stereocenters. The summed E-state index contributed by atoms with van der Waals surface area (Å²) in [5.41, 5.74) is 3.66. The average Bonchev–Trinajstić information content (AvgIpc) is 2.66. The van der Waals surface area contributed by atoms with Crippen LogP contribution in [-0.2, 0) is 13.1 Å². The molecule has 1 aliphatic carbocycles. The summed E-state index contributed by atoms with van der Waals surface area (Å²) in [6, 6.07) is 0.713. The van der Waals surface area contributed by atoms with E-state index in [2.05, 4.69) is 30.9 Å². The van der Waals surface area contributed by atoms with Crippen molar-refractivity contribution in [1.82, 2.24) is 14.7 Å². The second kappa shape index (κ2) is 7.95. The van der Waals surface area contributed by atoms with E-state index >= 15 is 0 Å². The zero-order valence-electron chi connectivity index (χ0n) is 13.9. The van der Waals surface area contributed by atoms with Gasteiger partial charge in [-0.05, 0) is 33.7 Å². The Labute approximate surface area is 129 Å². The fourth-order valence-electron chi connectivity index (χ4n) is 3.53. The number of aliphatic hydroxyl groups is 1. The lowest BCUT2D eigenvalue weighted by molar-refractivity contribution is 0.195. The molecule has 4 heteroatoms. The van der Waals surface area contributed by atoms with Crippen molar-refractivity contribution in [2.24, 2.45) is 0 Å². The normalized spacial score (nSPS) is 18.0. The first-order chi connectivity index (χ1) is 10.1. The summed E-state index contributed by atoms with van der Waals surface area (Å²) in [5, 5.41) is 13.7. The maximum atomic E-state index is 9.12. The second-order valence-corrected chi connectivity index (χ2v) is 6.51. The molecule has 1 fully saturated rings. The van der Waals surface area contributed by atoms with Gasteiger partial charge in [0.15, 0.2) is 0 Å². The zero-order chi connectivity index (χ0) is 15.2. The molecule has 0 amide bonds. The van der Waals surface area contributed by atoms with Crippen LogP contribution in [0.15, 0.2) is 0 Å². The molecule has 0 saturated heterocycles. The third-order valence-corrected chi connectivity index (χ3v) is 4.95. The third kappa shape index (κ3) is 4.30. The molecule has 0 spiro atoms. The number of aryl methyl sites for hydroxylation is 1. The molecule has 4 nitrogen and oxygen atoms in total. The van der Waals surface area contributed by atoms with E-state index in [1.54, 1.807) is 0 Å². The van der Waals surface area contributed by atoms with Crippen LogP contribution in [0.5, 0.6) is 0 Å². The molecule has 1 aliphatic rings. The summed E-state index contributed by atoms with van der Waals surface area (Å²) in [4.78, 5) is 2.52. The van der Waals surface area contributed by atoms with Gasteiger partial charge in [0, 0.05) is 23.8 Å². The average molecular weight is 293 g/mol. The number of aliphatic hydroxyl groups excluding tert-OH is 1. The highest BCUT2D eigenvalue weighted by Crippen LogP contribution is 2.23. The molecule has 2 rings (SSSR count). The number of hydrogen-bond donors (Lipinski definition) is 1. The van der Waals surface area contributed by atoms with Crippen LogP contribution >= 0.6 is 0 Å². The summed E-state index contributed by atoms with van der Waals surface area (Å²) in [5.74, 6) is 0. The Morgan fingerprint density at radius 1 is 1.14 bits per heavy atom. The standard InChI is InChI=1S/C17H31N3O/c1-14-17(15(2)20(18-14)11-12-21)13-19(3)16-9-7-5-4-6-8-10-16/h16,21H,4-13H2,1-3H3. The van der Waals surface area contributed by atoms with E-state index in [9.17, 15) is 0 Å². The molecule has 1 saturated carbocycles. The zero-order valence-corrected chi connectivity index (χ0v) is 13.9. The van der Waals surface area contributed by atoms with Gasteiger partial charge < -0.3 is 5.11 Å². The highest BCUT2D eigenvalue weighted by molar-refractivity contribution is 5.24. The molecule has 1 aromatic heterocycles. The minimum Gasteiger partial charge on any atom is -0.394 e. The van der Waals surface area contributed by atoms with Crippen molar-refractivity contribution < 1.29 is 5.11 Å². The molecule has 1 aromatic rings. The maximum absolute atomic E-state index is 9.12. The molecule has 1 N–H and O–H groups in total. The summed E-state index contributed by atoms with van der Waals surface area (Å²) in [7, 11) is 2.26. The van der Waals surface area contributed by atoms with E-state index < -0.39 is 0 Å². The number of nitrogens with zero attached hydrogens (tertiary/aromatic N) is 3. The Morgan fingerprint density at radius 3 is 2.38 bits per heavy atom. The molecule has 1 heterocycles. The minimum absolute atomic E-state index is 0.153. The molecule has 0 atom stereocenters. The van der Waals surface area contributed by atoms with Crippen molar-refractivity contribution in [3.63, 3.8) is 0 Å². The highest BCUT2D eigenvalue weighted by Gasteiger charge is 2.19. The molecule has 21 heavy (non-hydrogen) atoms. The van der Waals surface area contributed by atoms with Crippen molar-refractivity contribution in [3.8, 4) is 0 Å². The van der Waals surface area contributed by atoms with E-state index in [-0.39, 0.29) is 6.61 Å². The van der Waals surface area contributed by atoms with Gasteiger partial charge in [0.25, 0.3) is 0 Å². The van der Waals surface area contributed by atoms with E-state index in [1.165, 1.54) is 56.2 Å². The second-order valence-electron chi connectivity index (χ2n) is 6.51. The molecule has 0 aliphatic heterocycles. The van der Waals surface area contributed by atoms with Crippen molar-refractivity contribution in [3.05, 3.63) is 17.0 Å². The minimum atomic E-state index is 0.153. The predicted molar refractivity (Wildman–Crippen MR) is 86.4 cm³/mol. The fraction of sp³-hybridized carbons (Fsp3) is 0.824. The maximum Gasteiger partial charge on any atom is 0.0644 e. The van der Waals surface area contributed by atoms with Gasteiger partial charge in [-0.1, -0.05) is 32.1 Å². The van der Waals surface area contributed by atoms with Gasteiger partial charge in [-0.15, -0.1) is 0 Å². The van der Waals surface area contributed by atoms with E-state index in [4.69, 9.17) is 5.11 Å². The molecule has 0 aromatic carbocycles. The number of aromatic nitrogens is 2. The van der Waals surface area contributed by atoms with Crippen LogP contribution in [0.3, 0.4) is 0 Å². The largest absolute Gasteiger partial charge is 0.394 e. The van der Waals surface area contributed by atoms with Gasteiger partial charge in [0.05, 0.1) is 18.8 Å². The van der Waals surface area contributed by atoms with Crippen molar-refractivity contribution in [2.45, 2.75) is 77.9 Å². The topological polar surface area (TPSA) is 41.3 Å². The first-order valence-corrected chi connectivity index (χ1v) is 8.47. The number of rotatable bonds is 5. The molecular weight excluding hydrogens is 262 g/mol. The lowest BCUT2D eigenvalue weighted by Gasteiger charge is -2.29. The smallest absolute Gasteiger partial charge is 0.0644 e. The summed E-state index contributed by atoms with van der Waals surface area (Å²) in [6.07, 6.45) is 9.63. The Kier molecular flexibility index (Phi) is 6.24. The monoisotopic (exact) mass is 293 g/mol. The summed E-state index contributed by atoms with van der Waals surface area (Å²) >= 11 is 0. The Balaban J connectivity index is 2.02. The van der Waals surface area contributed by atoms with Gasteiger partial charge in [0.1, 0.15) is 0 Å². The van der Waals surface area contributed by atoms with E-state index in [1.807, 2.05) is 4.68 Å². The van der Waals surface area contributed by atoms with Crippen LogP contribution in [0.2, 0.25) is 0 Å². The van der Waals surface area contributed by atoms with Gasteiger partial charge >= 0.3 is 0 Å².